The summed E-state index contributed by atoms with van der Waals surface area (Å²) in [5, 5.41) is 16.0. The average molecular weight is 448 g/mol. The Balaban J connectivity index is 1.79. The third kappa shape index (κ3) is 4.77. The minimum absolute atomic E-state index is 0.154. The van der Waals surface area contributed by atoms with Crippen molar-refractivity contribution >= 4 is 18.4 Å². The number of piperazine rings is 1. The minimum atomic E-state index is -0.614. The van der Waals surface area contributed by atoms with Crippen molar-refractivity contribution < 1.29 is 19.4 Å². The quantitative estimate of drug-likeness (QED) is 0.379. The topological polar surface area (TPSA) is 82.4 Å². The number of hydrogen-bond acceptors (Lipinski definition) is 6. The molecule has 172 valence electrons. The van der Waals surface area contributed by atoms with E-state index in [4.69, 9.17) is 4.74 Å². The van der Waals surface area contributed by atoms with E-state index in [1.54, 1.807) is 7.05 Å². The average Bonchev–Trinajstić information content (AvgIpc) is 3.65. The molecule has 1 aliphatic heterocycles. The maximum Gasteiger partial charge on any atom is 0.275 e. The Hall–Kier alpha value is -3.61. The van der Waals surface area contributed by atoms with E-state index in [1.165, 1.54) is 29.7 Å². The van der Waals surface area contributed by atoms with Crippen LogP contribution in [0.5, 0.6) is 5.75 Å². The summed E-state index contributed by atoms with van der Waals surface area (Å²) in [5.41, 5.74) is 1.84. The number of hydrogen-bond donors (Lipinski definition) is 1. The van der Waals surface area contributed by atoms with Crippen LogP contribution in [0.25, 0.3) is 0 Å². The highest BCUT2D eigenvalue weighted by Crippen LogP contribution is 2.38. The summed E-state index contributed by atoms with van der Waals surface area (Å²) in [7, 11) is 1.65. The van der Waals surface area contributed by atoms with Crippen molar-refractivity contribution in [1.82, 2.24) is 9.91 Å². The van der Waals surface area contributed by atoms with Gasteiger partial charge in [0.2, 0.25) is 0 Å². The second kappa shape index (κ2) is 9.48. The summed E-state index contributed by atoms with van der Waals surface area (Å²) < 4.78 is 6.02. The number of allylic oxidation sites excluding steroid dienone is 1. The normalized spacial score (nSPS) is 20.9. The highest BCUT2D eigenvalue weighted by molar-refractivity contribution is 6.03. The first-order chi connectivity index (χ1) is 15.9. The van der Waals surface area contributed by atoms with Crippen LogP contribution >= 0.6 is 0 Å². The highest BCUT2D eigenvalue weighted by Gasteiger charge is 2.42. The van der Waals surface area contributed by atoms with Gasteiger partial charge in [-0.15, -0.1) is 0 Å². The first-order valence-electron chi connectivity index (χ1n) is 11.1. The molecule has 0 bridgehead atoms. The molecule has 2 aromatic rings. The monoisotopic (exact) mass is 447 g/mol. The first-order valence-corrected chi connectivity index (χ1v) is 11.1. The molecule has 2 aliphatic rings. The van der Waals surface area contributed by atoms with E-state index in [0.717, 1.165) is 16.9 Å². The third-order valence-electron chi connectivity index (χ3n) is 6.21. The fraction of sp³-hybridized carbons (Fsp3) is 0.346. The number of benzene rings is 2. The molecule has 2 atom stereocenters. The number of likely N-dealkylation sites (N-methyl/N-ethyl adjacent to an activating group) is 1. The molecule has 1 heterocycles. The van der Waals surface area contributed by atoms with Crippen molar-refractivity contribution in [2.45, 2.75) is 31.7 Å². The molecular formula is C26H29N3O4. The van der Waals surface area contributed by atoms with Crippen LogP contribution in [0.4, 0.5) is 0 Å². The van der Waals surface area contributed by atoms with Crippen molar-refractivity contribution in [1.29, 1.82) is 0 Å². The second-order valence-electron chi connectivity index (χ2n) is 8.71. The summed E-state index contributed by atoms with van der Waals surface area (Å²) >= 11 is 0. The zero-order valence-electron chi connectivity index (χ0n) is 19.0. The van der Waals surface area contributed by atoms with Gasteiger partial charge in [-0.1, -0.05) is 42.5 Å². The lowest BCUT2D eigenvalue weighted by atomic mass is 9.83. The van der Waals surface area contributed by atoms with Crippen LogP contribution in [0.3, 0.4) is 0 Å². The predicted octanol–water partition coefficient (Wildman–Crippen LogP) is 3.72. The van der Waals surface area contributed by atoms with Gasteiger partial charge in [-0.2, -0.15) is 5.10 Å². The molecule has 0 spiro atoms. The molecular weight excluding hydrogens is 418 g/mol. The number of amides is 1. The van der Waals surface area contributed by atoms with Gasteiger partial charge < -0.3 is 14.7 Å². The van der Waals surface area contributed by atoms with E-state index in [0.29, 0.717) is 19.1 Å². The largest absolute Gasteiger partial charge is 0.503 e. The number of ether oxygens (including phenoxy) is 1. The van der Waals surface area contributed by atoms with Gasteiger partial charge in [-0.05, 0) is 42.0 Å². The second-order valence-corrected chi connectivity index (χ2v) is 8.71. The maximum atomic E-state index is 12.9. The lowest BCUT2D eigenvalue weighted by molar-refractivity contribution is -0.133. The molecule has 1 amide bonds. The number of aliphatic hydroxyl groups is 1. The molecule has 1 aliphatic carbocycles. The smallest absolute Gasteiger partial charge is 0.275 e. The molecule has 2 aromatic carbocycles. The Morgan fingerprint density at radius 1 is 1.18 bits per heavy atom. The number of hydrazone groups is 1. The van der Waals surface area contributed by atoms with Gasteiger partial charge in [0.1, 0.15) is 5.75 Å². The summed E-state index contributed by atoms with van der Waals surface area (Å²) in [6, 6.07) is 17.5. The molecule has 33 heavy (non-hydrogen) atoms. The Labute approximate surface area is 194 Å². The number of nitrogens with zero attached hydrogens (tertiary/aromatic N) is 3. The highest BCUT2D eigenvalue weighted by atomic mass is 16.5. The molecule has 1 saturated heterocycles. The molecule has 7 nitrogen and oxygen atoms in total. The van der Waals surface area contributed by atoms with Crippen molar-refractivity contribution in [3.8, 4) is 5.75 Å². The Bertz CT molecular complexity index is 1080. The zero-order valence-corrected chi connectivity index (χ0v) is 19.0. The number of ketones is 1. The lowest BCUT2D eigenvalue weighted by Gasteiger charge is -2.43. The molecule has 1 N–H and O–H groups in total. The standard InChI is InChI=1S/C26H29N3O4/c1-17(30)25(31)24-26(32)28(3)15-22(29(24)27-2)23(19-8-5-4-6-9-19)20-10-7-11-21(14-20)33-16-18-12-13-18/h4-11,14,18,22-23,31H,2,12-13,15-16H2,1,3H3/b25-24+. The van der Waals surface area contributed by atoms with E-state index in [9.17, 15) is 14.7 Å². The van der Waals surface area contributed by atoms with E-state index >= 15 is 0 Å². The Morgan fingerprint density at radius 3 is 2.52 bits per heavy atom. The fourth-order valence-electron chi connectivity index (χ4n) is 4.28. The number of aliphatic hydroxyl groups excluding tert-OH is 1. The summed E-state index contributed by atoms with van der Waals surface area (Å²) in [6.45, 7) is 5.91. The summed E-state index contributed by atoms with van der Waals surface area (Å²) in [6.07, 6.45) is 2.42. The van der Waals surface area contributed by atoms with Gasteiger partial charge in [0.25, 0.3) is 5.91 Å². The van der Waals surface area contributed by atoms with Crippen LogP contribution in [0.2, 0.25) is 0 Å². The SMILES string of the molecule is C=NN1/C(=C(/O)C(C)=O)C(=O)N(C)CC1C(c1ccccc1)c1cccc(OCC2CC2)c1. The fourth-order valence-corrected chi connectivity index (χ4v) is 4.28. The van der Waals surface area contributed by atoms with Gasteiger partial charge in [-0.3, -0.25) is 14.6 Å². The predicted molar refractivity (Wildman–Crippen MR) is 126 cm³/mol. The molecule has 2 unspecified atom stereocenters. The number of carbonyl (C=O) groups is 2. The van der Waals surface area contributed by atoms with Crippen molar-refractivity contribution in [3.63, 3.8) is 0 Å². The minimum Gasteiger partial charge on any atom is -0.503 e. The number of carbonyl (C=O) groups excluding carboxylic acids is 2. The van der Waals surface area contributed by atoms with Crippen molar-refractivity contribution in [2.75, 3.05) is 20.2 Å². The van der Waals surface area contributed by atoms with Crippen LogP contribution in [0.1, 0.15) is 36.8 Å². The van der Waals surface area contributed by atoms with Gasteiger partial charge in [0.05, 0.1) is 12.6 Å². The van der Waals surface area contributed by atoms with Gasteiger partial charge in [-0.25, -0.2) is 0 Å². The van der Waals surface area contributed by atoms with Gasteiger partial charge >= 0.3 is 0 Å². The maximum absolute atomic E-state index is 12.9. The lowest BCUT2D eigenvalue weighted by Crippen LogP contribution is -2.54. The van der Waals surface area contributed by atoms with Crippen LogP contribution in [-0.4, -0.2) is 59.7 Å². The van der Waals surface area contributed by atoms with Gasteiger partial charge in [0.15, 0.2) is 17.2 Å². The first kappa shape index (κ1) is 22.6. The number of rotatable bonds is 8. The zero-order chi connectivity index (χ0) is 23.5. The van der Waals surface area contributed by atoms with Crippen LogP contribution in [0, 0.1) is 5.92 Å². The van der Waals surface area contributed by atoms with Gasteiger partial charge in [0, 0.05) is 33.2 Å². The van der Waals surface area contributed by atoms with Crippen LogP contribution in [-0.2, 0) is 9.59 Å². The third-order valence-corrected chi connectivity index (χ3v) is 6.21. The Kier molecular flexibility index (Phi) is 6.49. The van der Waals surface area contributed by atoms with E-state index in [1.807, 2.05) is 54.6 Å². The molecule has 4 rings (SSSR count). The molecule has 0 radical (unpaired) electrons. The van der Waals surface area contributed by atoms with Crippen LogP contribution in [0.15, 0.2) is 71.2 Å². The number of Topliss-reactive ketones (excluding diaryl/α,β-unsaturated/α-hetero) is 1. The van der Waals surface area contributed by atoms with E-state index in [-0.39, 0.29) is 11.6 Å². The van der Waals surface area contributed by atoms with Crippen LogP contribution < -0.4 is 4.74 Å². The summed E-state index contributed by atoms with van der Waals surface area (Å²) in [4.78, 5) is 26.4. The molecule has 1 saturated carbocycles. The van der Waals surface area contributed by atoms with Crippen molar-refractivity contribution in [3.05, 3.63) is 77.2 Å². The van der Waals surface area contributed by atoms with E-state index in [2.05, 4.69) is 11.8 Å². The van der Waals surface area contributed by atoms with Crippen molar-refractivity contribution in [2.24, 2.45) is 11.0 Å². The van der Waals surface area contributed by atoms with E-state index < -0.39 is 23.5 Å². The Morgan fingerprint density at radius 2 is 1.88 bits per heavy atom. The molecule has 2 fully saturated rings. The molecule has 7 heteroatoms. The molecule has 0 aromatic heterocycles. The summed E-state index contributed by atoms with van der Waals surface area (Å²) in [5.74, 6) is -0.489.